The summed E-state index contributed by atoms with van der Waals surface area (Å²) in [5.41, 5.74) is 0.999. The van der Waals surface area contributed by atoms with E-state index in [4.69, 9.17) is 4.74 Å². The summed E-state index contributed by atoms with van der Waals surface area (Å²) >= 11 is 0. The van der Waals surface area contributed by atoms with Gasteiger partial charge in [0.25, 0.3) is 11.5 Å². The van der Waals surface area contributed by atoms with E-state index in [1.165, 1.54) is 19.1 Å². The number of rotatable bonds is 4. The minimum absolute atomic E-state index is 0.112. The minimum Gasteiger partial charge on any atom is -0.449 e. The van der Waals surface area contributed by atoms with Gasteiger partial charge in [-0.3, -0.25) is 19.5 Å². The maximum absolute atomic E-state index is 12.9. The van der Waals surface area contributed by atoms with E-state index in [9.17, 15) is 19.2 Å². The molecule has 0 aliphatic carbocycles. The summed E-state index contributed by atoms with van der Waals surface area (Å²) in [6.07, 6.45) is 3.59. The molecule has 0 fully saturated rings. The Labute approximate surface area is 196 Å². The van der Waals surface area contributed by atoms with Gasteiger partial charge in [-0.2, -0.15) is 0 Å². The lowest BCUT2D eigenvalue weighted by molar-refractivity contribution is -0.127. The lowest BCUT2D eigenvalue weighted by Gasteiger charge is -2.16. The molecule has 0 spiro atoms. The summed E-state index contributed by atoms with van der Waals surface area (Å²) in [4.78, 5) is 54.5. The first-order valence-electron chi connectivity index (χ1n) is 11.3. The standard InChI is InChI=1S/C25H26N4O5/c1-16(22(30)28-25(33)26-18-9-5-4-6-10-18)34-24(32)17-12-13-19-20(15-17)27-21-11-7-2-3-8-14-29(21)23(19)31/h4-6,9-10,12-13,15-16H,2-3,7-8,11,14H2,1H3,(H2,26,28,30,33). The number of imide groups is 1. The number of fused-ring (bicyclic) bond motifs is 2. The van der Waals surface area contributed by atoms with Gasteiger partial charge in [0.15, 0.2) is 6.10 Å². The average molecular weight is 463 g/mol. The van der Waals surface area contributed by atoms with Crippen LogP contribution in [0.1, 0.15) is 48.8 Å². The third-order valence-corrected chi connectivity index (χ3v) is 5.72. The molecule has 0 saturated heterocycles. The molecule has 1 aliphatic rings. The summed E-state index contributed by atoms with van der Waals surface area (Å²) in [5, 5.41) is 5.10. The minimum atomic E-state index is -1.21. The lowest BCUT2D eigenvalue weighted by Crippen LogP contribution is -2.41. The van der Waals surface area contributed by atoms with Gasteiger partial charge in [0, 0.05) is 18.7 Å². The van der Waals surface area contributed by atoms with Crippen molar-refractivity contribution in [3.05, 3.63) is 70.3 Å². The molecule has 2 aromatic carbocycles. The number of hydrogen-bond donors (Lipinski definition) is 2. The van der Waals surface area contributed by atoms with Gasteiger partial charge in [-0.15, -0.1) is 0 Å². The molecule has 3 aromatic rings. The van der Waals surface area contributed by atoms with Crippen molar-refractivity contribution in [3.8, 4) is 0 Å². The highest BCUT2D eigenvalue weighted by atomic mass is 16.5. The molecule has 1 atom stereocenters. The van der Waals surface area contributed by atoms with Gasteiger partial charge in [-0.1, -0.05) is 31.0 Å². The Morgan fingerprint density at radius 3 is 2.59 bits per heavy atom. The Bertz CT molecular complexity index is 1290. The van der Waals surface area contributed by atoms with E-state index in [0.29, 0.717) is 29.6 Å². The predicted octanol–water partition coefficient (Wildman–Crippen LogP) is 3.41. The summed E-state index contributed by atoms with van der Waals surface area (Å²) in [6, 6.07) is 12.5. The summed E-state index contributed by atoms with van der Waals surface area (Å²) in [5.74, 6) is -0.790. The first-order chi connectivity index (χ1) is 16.4. The number of nitrogens with zero attached hydrogens (tertiary/aromatic N) is 2. The Balaban J connectivity index is 1.44. The summed E-state index contributed by atoms with van der Waals surface area (Å²) < 4.78 is 6.96. The number of para-hydroxylation sites is 1. The fraction of sp³-hybridized carbons (Fsp3) is 0.320. The molecule has 0 bridgehead atoms. The average Bonchev–Trinajstić information content (AvgIpc) is 2.80. The van der Waals surface area contributed by atoms with Gasteiger partial charge in [0.05, 0.1) is 16.5 Å². The number of ether oxygens (including phenoxy) is 1. The van der Waals surface area contributed by atoms with Crippen molar-refractivity contribution in [1.29, 1.82) is 0 Å². The predicted molar refractivity (Wildman–Crippen MR) is 127 cm³/mol. The molecule has 1 aromatic heterocycles. The van der Waals surface area contributed by atoms with E-state index in [1.54, 1.807) is 41.0 Å². The number of aromatic nitrogens is 2. The number of aryl methyl sites for hydroxylation is 1. The Kier molecular flexibility index (Phi) is 7.01. The molecular formula is C25H26N4O5. The highest BCUT2D eigenvalue weighted by Crippen LogP contribution is 2.17. The molecule has 0 saturated carbocycles. The molecular weight excluding hydrogens is 436 g/mol. The van der Waals surface area contributed by atoms with Gasteiger partial charge in [0.2, 0.25) is 0 Å². The van der Waals surface area contributed by atoms with E-state index < -0.39 is 24.0 Å². The van der Waals surface area contributed by atoms with E-state index in [-0.39, 0.29) is 11.1 Å². The fourth-order valence-corrected chi connectivity index (χ4v) is 3.90. The van der Waals surface area contributed by atoms with Gasteiger partial charge < -0.3 is 10.1 Å². The Morgan fingerprint density at radius 2 is 1.79 bits per heavy atom. The molecule has 2 heterocycles. The van der Waals surface area contributed by atoms with Crippen LogP contribution in [0.15, 0.2) is 53.3 Å². The smallest absolute Gasteiger partial charge is 0.338 e. The number of nitrogens with one attached hydrogen (secondary N) is 2. The molecule has 1 unspecified atom stereocenters. The second-order valence-corrected chi connectivity index (χ2v) is 8.24. The van der Waals surface area contributed by atoms with Crippen LogP contribution in [0, 0.1) is 0 Å². The zero-order valence-corrected chi connectivity index (χ0v) is 18.9. The molecule has 1 aliphatic heterocycles. The second-order valence-electron chi connectivity index (χ2n) is 8.24. The lowest BCUT2D eigenvalue weighted by atomic mass is 10.1. The molecule has 9 heteroatoms. The van der Waals surface area contributed by atoms with E-state index in [0.717, 1.165) is 31.5 Å². The number of carbonyl (C=O) groups excluding carboxylic acids is 3. The maximum Gasteiger partial charge on any atom is 0.338 e. The van der Waals surface area contributed by atoms with Crippen LogP contribution in [-0.2, 0) is 22.5 Å². The quantitative estimate of drug-likeness (QED) is 0.574. The number of anilines is 1. The number of hydrogen-bond acceptors (Lipinski definition) is 6. The van der Waals surface area contributed by atoms with Crippen molar-refractivity contribution in [2.24, 2.45) is 0 Å². The van der Waals surface area contributed by atoms with Gasteiger partial charge >= 0.3 is 12.0 Å². The summed E-state index contributed by atoms with van der Waals surface area (Å²) in [7, 11) is 0. The topological polar surface area (TPSA) is 119 Å². The molecule has 9 nitrogen and oxygen atoms in total. The normalized spacial score (nSPS) is 14.3. The van der Waals surface area contributed by atoms with Crippen LogP contribution in [0.4, 0.5) is 10.5 Å². The maximum atomic E-state index is 12.9. The number of amides is 3. The molecule has 2 N–H and O–H groups in total. The zero-order chi connectivity index (χ0) is 24.1. The van der Waals surface area contributed by atoms with Gasteiger partial charge in [0.1, 0.15) is 5.82 Å². The van der Waals surface area contributed by atoms with E-state index in [2.05, 4.69) is 15.6 Å². The first-order valence-corrected chi connectivity index (χ1v) is 11.3. The molecule has 176 valence electrons. The van der Waals surface area contributed by atoms with Crippen molar-refractivity contribution < 1.29 is 19.1 Å². The highest BCUT2D eigenvalue weighted by molar-refractivity contribution is 6.03. The van der Waals surface area contributed by atoms with Crippen LogP contribution in [0.5, 0.6) is 0 Å². The van der Waals surface area contributed by atoms with Crippen LogP contribution in [0.2, 0.25) is 0 Å². The first kappa shape index (κ1) is 23.2. The second kappa shape index (κ2) is 10.3. The monoisotopic (exact) mass is 462 g/mol. The van der Waals surface area contributed by atoms with Gasteiger partial charge in [-0.05, 0) is 50.1 Å². The van der Waals surface area contributed by atoms with Gasteiger partial charge in [-0.25, -0.2) is 14.6 Å². The third kappa shape index (κ3) is 5.31. The van der Waals surface area contributed by atoms with Crippen LogP contribution < -0.4 is 16.2 Å². The number of benzene rings is 2. The number of esters is 1. The van der Waals surface area contributed by atoms with Crippen molar-refractivity contribution in [3.63, 3.8) is 0 Å². The van der Waals surface area contributed by atoms with Crippen molar-refractivity contribution in [2.75, 3.05) is 5.32 Å². The van der Waals surface area contributed by atoms with E-state index in [1.807, 2.05) is 0 Å². The largest absolute Gasteiger partial charge is 0.449 e. The number of carbonyl (C=O) groups is 3. The molecule has 34 heavy (non-hydrogen) atoms. The fourth-order valence-electron chi connectivity index (χ4n) is 3.90. The highest BCUT2D eigenvalue weighted by Gasteiger charge is 2.22. The van der Waals surface area contributed by atoms with Crippen molar-refractivity contribution in [2.45, 2.75) is 51.7 Å². The number of urea groups is 1. The molecule has 0 radical (unpaired) electrons. The Morgan fingerprint density at radius 1 is 1.03 bits per heavy atom. The Hall–Kier alpha value is -4.01. The molecule has 4 rings (SSSR count). The van der Waals surface area contributed by atoms with Crippen molar-refractivity contribution in [1.82, 2.24) is 14.9 Å². The molecule has 3 amide bonds. The van der Waals surface area contributed by atoms with Crippen molar-refractivity contribution >= 4 is 34.5 Å². The third-order valence-electron chi connectivity index (χ3n) is 5.72. The van der Waals surface area contributed by atoms with Crippen LogP contribution in [-0.4, -0.2) is 33.6 Å². The van der Waals surface area contributed by atoms with E-state index >= 15 is 0 Å². The zero-order valence-electron chi connectivity index (χ0n) is 18.9. The van der Waals surface area contributed by atoms with Crippen LogP contribution >= 0.6 is 0 Å². The summed E-state index contributed by atoms with van der Waals surface area (Å²) in [6.45, 7) is 2.02. The van der Waals surface area contributed by atoms with Crippen LogP contribution in [0.3, 0.4) is 0 Å². The SMILES string of the molecule is CC(OC(=O)c1ccc2c(=O)n3c(nc2c1)CCCCCC3)C(=O)NC(=O)Nc1ccccc1. The van der Waals surface area contributed by atoms with Crippen LogP contribution in [0.25, 0.3) is 10.9 Å².